The third kappa shape index (κ3) is 4.65. The number of hydrogen-bond donors (Lipinski definition) is 1. The van der Waals surface area contributed by atoms with Crippen molar-refractivity contribution in [2.24, 2.45) is 0 Å². The maximum absolute atomic E-state index is 12.2. The molecule has 0 unspecified atom stereocenters. The molecule has 1 aromatic carbocycles. The predicted octanol–water partition coefficient (Wildman–Crippen LogP) is 2.40. The zero-order valence-electron chi connectivity index (χ0n) is 14.5. The van der Waals surface area contributed by atoms with Gasteiger partial charge in [-0.15, -0.1) is 0 Å². The Morgan fingerprint density at radius 2 is 1.58 bits per heavy atom. The second-order valence-corrected chi connectivity index (χ2v) is 5.65. The zero-order valence-corrected chi connectivity index (χ0v) is 14.5. The molecule has 0 saturated heterocycles. The summed E-state index contributed by atoms with van der Waals surface area (Å²) < 4.78 is 1.82. The van der Waals surface area contributed by atoms with Crippen molar-refractivity contribution in [3.8, 4) is 0 Å². The number of benzene rings is 1. The van der Waals surface area contributed by atoms with Gasteiger partial charge in [0.25, 0.3) is 11.8 Å². The van der Waals surface area contributed by atoms with Gasteiger partial charge in [0.05, 0.1) is 0 Å². The second-order valence-electron chi connectivity index (χ2n) is 5.65. The third-order valence-electron chi connectivity index (χ3n) is 3.85. The highest BCUT2D eigenvalue weighted by Gasteiger charge is 2.13. The topological polar surface area (TPSA) is 53.3 Å². The molecule has 0 aliphatic rings. The number of carbonyl (C=O) groups excluding carboxylic acids is 2. The normalized spacial score (nSPS) is 10.3. The molecule has 24 heavy (non-hydrogen) atoms. The first-order chi connectivity index (χ1) is 11.5. The van der Waals surface area contributed by atoms with Gasteiger partial charge < -0.3 is 10.2 Å². The fourth-order valence-electron chi connectivity index (χ4n) is 2.39. The highest BCUT2D eigenvalue weighted by molar-refractivity contribution is 5.95. The van der Waals surface area contributed by atoms with E-state index in [2.05, 4.69) is 5.32 Å². The van der Waals surface area contributed by atoms with E-state index in [1.54, 1.807) is 29.2 Å². The first kappa shape index (κ1) is 17.7. The van der Waals surface area contributed by atoms with E-state index < -0.39 is 0 Å². The molecule has 0 radical (unpaired) electrons. The molecular weight excluding hydrogens is 302 g/mol. The first-order valence-corrected chi connectivity index (χ1v) is 8.18. The van der Waals surface area contributed by atoms with E-state index in [9.17, 15) is 9.59 Å². The van der Waals surface area contributed by atoms with Crippen molar-refractivity contribution >= 4 is 17.5 Å². The minimum Gasteiger partial charge on any atom is -0.339 e. The molecule has 0 spiro atoms. The van der Waals surface area contributed by atoms with Gasteiger partial charge in [-0.05, 0) is 50.6 Å². The lowest BCUT2D eigenvalue weighted by Gasteiger charge is -2.18. The van der Waals surface area contributed by atoms with Gasteiger partial charge in [-0.2, -0.15) is 4.57 Å². The summed E-state index contributed by atoms with van der Waals surface area (Å²) in [5, 5.41) is 2.84. The SMILES string of the molecule is CCN(CC)C(=O)c1ccc(NC(=O)C[n+]2ccc(C)cc2)cc1. The zero-order chi connectivity index (χ0) is 17.5. The van der Waals surface area contributed by atoms with Crippen LogP contribution in [0.4, 0.5) is 5.69 Å². The molecule has 1 aromatic heterocycles. The van der Waals surface area contributed by atoms with Crippen LogP contribution in [-0.2, 0) is 11.3 Å². The number of nitrogens with zero attached hydrogens (tertiary/aromatic N) is 2. The number of rotatable bonds is 6. The molecule has 1 N–H and O–H groups in total. The van der Waals surface area contributed by atoms with Crippen molar-refractivity contribution in [1.29, 1.82) is 0 Å². The summed E-state index contributed by atoms with van der Waals surface area (Å²) in [6.45, 7) is 7.53. The lowest BCUT2D eigenvalue weighted by Crippen LogP contribution is -2.39. The van der Waals surface area contributed by atoms with Gasteiger partial charge in [0.15, 0.2) is 12.4 Å². The van der Waals surface area contributed by atoms with Gasteiger partial charge in [-0.25, -0.2) is 0 Å². The van der Waals surface area contributed by atoms with Gasteiger partial charge >= 0.3 is 0 Å². The molecule has 0 aliphatic heterocycles. The Balaban J connectivity index is 1.97. The minimum absolute atomic E-state index is 0.00749. The number of hydrogen-bond acceptors (Lipinski definition) is 2. The lowest BCUT2D eigenvalue weighted by molar-refractivity contribution is -0.684. The number of aromatic nitrogens is 1. The summed E-state index contributed by atoms with van der Waals surface area (Å²) in [5.74, 6) is -0.0974. The quantitative estimate of drug-likeness (QED) is 0.829. The van der Waals surface area contributed by atoms with Crippen molar-refractivity contribution in [3.63, 3.8) is 0 Å². The van der Waals surface area contributed by atoms with E-state index >= 15 is 0 Å². The summed E-state index contributed by atoms with van der Waals surface area (Å²) in [6.07, 6.45) is 3.75. The summed E-state index contributed by atoms with van der Waals surface area (Å²) in [5.41, 5.74) is 2.47. The average molecular weight is 326 g/mol. The second kappa shape index (κ2) is 8.24. The largest absolute Gasteiger partial charge is 0.339 e. The molecule has 126 valence electrons. The smallest absolute Gasteiger partial charge is 0.290 e. The van der Waals surface area contributed by atoms with Crippen LogP contribution in [0.2, 0.25) is 0 Å². The molecule has 0 saturated carbocycles. The van der Waals surface area contributed by atoms with Gasteiger partial charge in [0.2, 0.25) is 6.54 Å². The van der Waals surface area contributed by atoms with Crippen LogP contribution in [0.3, 0.4) is 0 Å². The molecule has 2 aromatic rings. The monoisotopic (exact) mass is 326 g/mol. The number of carbonyl (C=O) groups is 2. The maximum Gasteiger partial charge on any atom is 0.290 e. The van der Waals surface area contributed by atoms with Crippen LogP contribution in [0, 0.1) is 6.92 Å². The number of pyridine rings is 1. The highest BCUT2D eigenvalue weighted by atomic mass is 16.2. The Hall–Kier alpha value is -2.69. The van der Waals surface area contributed by atoms with Crippen molar-refractivity contribution in [3.05, 3.63) is 59.9 Å². The van der Waals surface area contributed by atoms with Crippen LogP contribution in [-0.4, -0.2) is 29.8 Å². The number of amides is 2. The molecule has 5 nitrogen and oxygen atoms in total. The van der Waals surface area contributed by atoms with E-state index in [4.69, 9.17) is 0 Å². The van der Waals surface area contributed by atoms with Gasteiger partial charge in [-0.1, -0.05) is 0 Å². The van der Waals surface area contributed by atoms with Crippen LogP contribution in [0.15, 0.2) is 48.8 Å². The molecule has 2 amide bonds. The molecule has 0 atom stereocenters. The predicted molar refractivity (Wildman–Crippen MR) is 93.7 cm³/mol. The van der Waals surface area contributed by atoms with Crippen molar-refractivity contribution < 1.29 is 14.2 Å². The summed E-state index contributed by atoms with van der Waals surface area (Å²) in [7, 11) is 0. The molecule has 5 heteroatoms. The van der Waals surface area contributed by atoms with E-state index in [0.29, 0.717) is 24.3 Å². The van der Waals surface area contributed by atoms with Crippen LogP contribution >= 0.6 is 0 Å². The van der Waals surface area contributed by atoms with E-state index in [-0.39, 0.29) is 18.4 Å². The van der Waals surface area contributed by atoms with Gasteiger partial charge in [-0.3, -0.25) is 9.59 Å². The first-order valence-electron chi connectivity index (χ1n) is 8.18. The summed E-state index contributed by atoms with van der Waals surface area (Å²) >= 11 is 0. The Labute approximate surface area is 142 Å². The fourth-order valence-corrected chi connectivity index (χ4v) is 2.39. The van der Waals surface area contributed by atoms with Crippen molar-refractivity contribution in [2.45, 2.75) is 27.3 Å². The molecular formula is C19H24N3O2+. The van der Waals surface area contributed by atoms with E-state index in [1.165, 1.54) is 0 Å². The molecule has 0 aliphatic carbocycles. The minimum atomic E-state index is -0.105. The molecule has 1 heterocycles. The fraction of sp³-hybridized carbons (Fsp3) is 0.316. The average Bonchev–Trinajstić information content (AvgIpc) is 2.58. The van der Waals surface area contributed by atoms with Gasteiger partial charge in [0.1, 0.15) is 0 Å². The number of anilines is 1. The van der Waals surface area contributed by atoms with Gasteiger partial charge in [0, 0.05) is 36.5 Å². The molecule has 0 fully saturated rings. The molecule has 2 rings (SSSR count). The third-order valence-corrected chi connectivity index (χ3v) is 3.85. The number of aryl methyl sites for hydroxylation is 1. The van der Waals surface area contributed by atoms with Crippen LogP contribution in [0.5, 0.6) is 0 Å². The molecule has 0 bridgehead atoms. The van der Waals surface area contributed by atoms with Crippen molar-refractivity contribution in [2.75, 3.05) is 18.4 Å². The van der Waals surface area contributed by atoms with E-state index in [0.717, 1.165) is 5.56 Å². The lowest BCUT2D eigenvalue weighted by atomic mass is 10.1. The van der Waals surface area contributed by atoms with Crippen LogP contribution < -0.4 is 9.88 Å². The maximum atomic E-state index is 12.2. The Morgan fingerprint density at radius 1 is 1.00 bits per heavy atom. The van der Waals surface area contributed by atoms with E-state index in [1.807, 2.05) is 49.9 Å². The number of nitrogens with one attached hydrogen (secondary N) is 1. The van der Waals surface area contributed by atoms with Crippen LogP contribution in [0.25, 0.3) is 0 Å². The Bertz CT molecular complexity index is 690. The van der Waals surface area contributed by atoms with Crippen LogP contribution in [0.1, 0.15) is 29.8 Å². The Kier molecular flexibility index (Phi) is 6.07. The summed E-state index contributed by atoms with van der Waals surface area (Å²) in [6, 6.07) is 10.9. The summed E-state index contributed by atoms with van der Waals surface area (Å²) in [4.78, 5) is 26.1. The standard InChI is InChI=1S/C19H23N3O2/c1-4-22(5-2)19(24)16-6-8-17(9-7-16)20-18(23)14-21-12-10-15(3)11-13-21/h6-13H,4-5,14H2,1-3H3/p+1. The Morgan fingerprint density at radius 3 is 2.12 bits per heavy atom. The van der Waals surface area contributed by atoms with Crippen molar-refractivity contribution in [1.82, 2.24) is 4.90 Å². The highest BCUT2D eigenvalue weighted by Crippen LogP contribution is 2.11.